The molecule has 0 saturated heterocycles. The summed E-state index contributed by atoms with van der Waals surface area (Å²) in [5.41, 5.74) is 0.997. The maximum absolute atomic E-state index is 10.2. The van der Waals surface area contributed by atoms with E-state index in [2.05, 4.69) is 20.8 Å². The first-order chi connectivity index (χ1) is 7.63. The molecule has 1 unspecified atom stereocenters. The molecule has 0 aromatic heterocycles. The molecule has 86 valence electrons. The highest BCUT2D eigenvalue weighted by molar-refractivity contribution is 5.73. The fourth-order valence-corrected chi connectivity index (χ4v) is 1.16. The van der Waals surface area contributed by atoms with Gasteiger partial charge < -0.3 is 4.74 Å². The second-order valence-electron chi connectivity index (χ2n) is 4.13. The Labute approximate surface area is 96.9 Å². The van der Waals surface area contributed by atoms with Crippen LogP contribution in [0.4, 0.5) is 0 Å². The molecular formula is C14H18O2. The van der Waals surface area contributed by atoms with Crippen molar-refractivity contribution in [3.63, 3.8) is 0 Å². The van der Waals surface area contributed by atoms with Crippen molar-refractivity contribution in [2.75, 3.05) is 0 Å². The summed E-state index contributed by atoms with van der Waals surface area (Å²) in [7, 11) is 0. The third kappa shape index (κ3) is 3.89. The minimum Gasteiger partial charge on any atom is -0.490 e. The fourth-order valence-electron chi connectivity index (χ4n) is 1.16. The Morgan fingerprint density at radius 3 is 2.25 bits per heavy atom. The van der Waals surface area contributed by atoms with Crippen LogP contribution in [0.5, 0.6) is 5.75 Å². The molecule has 0 saturated carbocycles. The lowest BCUT2D eigenvalue weighted by molar-refractivity contribution is -0.104. The average molecular weight is 218 g/mol. The molecule has 0 bridgehead atoms. The van der Waals surface area contributed by atoms with Crippen LogP contribution in [0.1, 0.15) is 26.3 Å². The molecule has 1 rings (SSSR count). The van der Waals surface area contributed by atoms with E-state index in [1.54, 1.807) is 6.08 Å². The molecule has 0 aliphatic heterocycles. The van der Waals surface area contributed by atoms with E-state index in [9.17, 15) is 4.79 Å². The molecular weight excluding hydrogens is 200 g/mol. The Hall–Kier alpha value is -1.57. The van der Waals surface area contributed by atoms with Gasteiger partial charge in [0, 0.05) is 0 Å². The van der Waals surface area contributed by atoms with Gasteiger partial charge in [-0.25, -0.2) is 0 Å². The van der Waals surface area contributed by atoms with Crippen molar-refractivity contribution >= 4 is 12.4 Å². The molecule has 16 heavy (non-hydrogen) atoms. The quantitative estimate of drug-likeness (QED) is 0.559. The summed E-state index contributed by atoms with van der Waals surface area (Å²) in [5, 5.41) is 0. The van der Waals surface area contributed by atoms with Crippen molar-refractivity contribution in [1.82, 2.24) is 0 Å². The molecule has 2 heteroatoms. The van der Waals surface area contributed by atoms with Crippen LogP contribution in [0.15, 0.2) is 30.3 Å². The molecule has 0 fully saturated rings. The van der Waals surface area contributed by atoms with Gasteiger partial charge in [0.15, 0.2) is 0 Å². The number of carbonyl (C=O) groups excluding carboxylic acids is 1. The van der Waals surface area contributed by atoms with E-state index in [4.69, 9.17) is 4.74 Å². The maximum atomic E-state index is 10.2. The first kappa shape index (κ1) is 12.5. The number of rotatable bonds is 5. The van der Waals surface area contributed by atoms with Crippen LogP contribution in [0.2, 0.25) is 0 Å². The topological polar surface area (TPSA) is 26.3 Å². The first-order valence-corrected chi connectivity index (χ1v) is 5.52. The van der Waals surface area contributed by atoms with Crippen LogP contribution in [0.25, 0.3) is 6.08 Å². The Balaban J connectivity index is 2.64. The average Bonchev–Trinajstić information content (AvgIpc) is 2.28. The number of carbonyl (C=O) groups is 1. The largest absolute Gasteiger partial charge is 0.490 e. The van der Waals surface area contributed by atoms with Crippen molar-refractivity contribution in [3.8, 4) is 5.75 Å². The summed E-state index contributed by atoms with van der Waals surface area (Å²) in [4.78, 5) is 10.2. The lowest BCUT2D eigenvalue weighted by atomic mass is 10.1. The molecule has 0 amide bonds. The van der Waals surface area contributed by atoms with Crippen LogP contribution < -0.4 is 4.74 Å². The van der Waals surface area contributed by atoms with Gasteiger partial charge in [-0.05, 0) is 36.6 Å². The predicted molar refractivity (Wildman–Crippen MR) is 66.5 cm³/mol. The van der Waals surface area contributed by atoms with Crippen molar-refractivity contribution in [2.45, 2.75) is 26.9 Å². The summed E-state index contributed by atoms with van der Waals surface area (Å²) in [6, 6.07) is 7.71. The minimum absolute atomic E-state index is 0.205. The molecule has 2 nitrogen and oxygen atoms in total. The standard InChI is InChI=1S/C14H18O2/c1-11(2)12(3)16-14-8-6-13(7-9-14)5-4-10-15/h4-12H,1-3H3. The summed E-state index contributed by atoms with van der Waals surface area (Å²) < 4.78 is 5.74. The number of hydrogen-bond acceptors (Lipinski definition) is 2. The van der Waals surface area contributed by atoms with Gasteiger partial charge in [-0.1, -0.05) is 32.1 Å². The molecule has 0 radical (unpaired) electrons. The molecule has 0 spiro atoms. The maximum Gasteiger partial charge on any atom is 0.142 e. The Kier molecular flexibility index (Phi) is 4.77. The zero-order chi connectivity index (χ0) is 12.0. The van der Waals surface area contributed by atoms with E-state index in [1.165, 1.54) is 6.08 Å². The lowest BCUT2D eigenvalue weighted by Gasteiger charge is -2.17. The summed E-state index contributed by atoms with van der Waals surface area (Å²) in [5.74, 6) is 1.36. The van der Waals surface area contributed by atoms with Crippen molar-refractivity contribution in [2.24, 2.45) is 5.92 Å². The third-order valence-electron chi connectivity index (χ3n) is 2.51. The predicted octanol–water partition coefficient (Wildman–Crippen LogP) is 3.32. The molecule has 1 aromatic carbocycles. The molecule has 0 heterocycles. The molecule has 0 aliphatic rings. The number of allylic oxidation sites excluding steroid dienone is 1. The number of ether oxygens (including phenoxy) is 1. The number of hydrogen-bond donors (Lipinski definition) is 0. The SMILES string of the molecule is CC(C)C(C)Oc1ccc(C=CC=O)cc1. The highest BCUT2D eigenvalue weighted by atomic mass is 16.5. The number of aldehydes is 1. The zero-order valence-electron chi connectivity index (χ0n) is 10.0. The molecule has 0 N–H and O–H groups in total. The summed E-state index contributed by atoms with van der Waals surface area (Å²) >= 11 is 0. The Morgan fingerprint density at radius 1 is 1.12 bits per heavy atom. The van der Waals surface area contributed by atoms with Gasteiger partial charge in [0.05, 0.1) is 6.10 Å². The van der Waals surface area contributed by atoms with E-state index >= 15 is 0 Å². The van der Waals surface area contributed by atoms with Crippen molar-refractivity contribution in [1.29, 1.82) is 0 Å². The molecule has 0 aliphatic carbocycles. The fraction of sp³-hybridized carbons (Fsp3) is 0.357. The van der Waals surface area contributed by atoms with Crippen LogP contribution in [-0.4, -0.2) is 12.4 Å². The van der Waals surface area contributed by atoms with Gasteiger partial charge >= 0.3 is 0 Å². The van der Waals surface area contributed by atoms with E-state index in [1.807, 2.05) is 24.3 Å². The second kappa shape index (κ2) is 6.11. The van der Waals surface area contributed by atoms with Gasteiger partial charge in [0.1, 0.15) is 12.0 Å². The Morgan fingerprint density at radius 2 is 1.75 bits per heavy atom. The smallest absolute Gasteiger partial charge is 0.142 e. The van der Waals surface area contributed by atoms with Gasteiger partial charge in [-0.2, -0.15) is 0 Å². The number of benzene rings is 1. The van der Waals surface area contributed by atoms with Crippen molar-refractivity contribution < 1.29 is 9.53 Å². The second-order valence-corrected chi connectivity index (χ2v) is 4.13. The molecule has 1 atom stereocenters. The monoisotopic (exact) mass is 218 g/mol. The van der Waals surface area contributed by atoms with Crippen LogP contribution in [0.3, 0.4) is 0 Å². The van der Waals surface area contributed by atoms with Gasteiger partial charge in [0.2, 0.25) is 0 Å². The van der Waals surface area contributed by atoms with Crippen LogP contribution >= 0.6 is 0 Å². The van der Waals surface area contributed by atoms with Gasteiger partial charge in [0.25, 0.3) is 0 Å². The normalized spacial score (nSPS) is 13.0. The third-order valence-corrected chi connectivity index (χ3v) is 2.51. The Bertz CT molecular complexity index is 350. The van der Waals surface area contributed by atoms with Crippen molar-refractivity contribution in [3.05, 3.63) is 35.9 Å². The van der Waals surface area contributed by atoms with Crippen LogP contribution in [0, 0.1) is 5.92 Å². The summed E-state index contributed by atoms with van der Waals surface area (Å²) in [6.45, 7) is 6.32. The highest BCUT2D eigenvalue weighted by Crippen LogP contribution is 2.17. The van der Waals surface area contributed by atoms with Gasteiger partial charge in [-0.15, -0.1) is 0 Å². The van der Waals surface area contributed by atoms with E-state index in [-0.39, 0.29) is 6.10 Å². The van der Waals surface area contributed by atoms with E-state index in [0.717, 1.165) is 17.6 Å². The van der Waals surface area contributed by atoms with Crippen LogP contribution in [-0.2, 0) is 4.79 Å². The van der Waals surface area contributed by atoms with Gasteiger partial charge in [-0.3, -0.25) is 4.79 Å². The lowest BCUT2D eigenvalue weighted by Crippen LogP contribution is -2.18. The highest BCUT2D eigenvalue weighted by Gasteiger charge is 2.07. The molecule has 1 aromatic rings. The minimum atomic E-state index is 0.205. The van der Waals surface area contributed by atoms with E-state index in [0.29, 0.717) is 5.92 Å². The first-order valence-electron chi connectivity index (χ1n) is 5.52. The zero-order valence-corrected chi connectivity index (χ0v) is 10.0. The summed E-state index contributed by atoms with van der Waals surface area (Å²) in [6.07, 6.45) is 4.22. The van der Waals surface area contributed by atoms with E-state index < -0.39 is 0 Å².